The maximum Gasteiger partial charge on any atom is 0.181 e. The van der Waals surface area contributed by atoms with Gasteiger partial charge in [0.1, 0.15) is 0 Å². The van der Waals surface area contributed by atoms with Gasteiger partial charge in [0, 0.05) is 53.1 Å². The van der Waals surface area contributed by atoms with Crippen LogP contribution >= 0.6 is 11.3 Å². The lowest BCUT2D eigenvalue weighted by Gasteiger charge is -2.35. The molecule has 0 radical (unpaired) electrons. The van der Waals surface area contributed by atoms with E-state index in [9.17, 15) is 0 Å². The molecule has 12 aromatic rings. The first-order chi connectivity index (χ1) is 28.8. The third-order valence-corrected chi connectivity index (χ3v) is 18.4. The SMILES string of the molecule is c1ccc([Si](c2ccccc2)(c2ccccc2)c2cc(-n3c4ccccc4c4cc(-n5c6ccccc6c6ccccc65)ccc43)cc3c2sc2ccccc23)cc1. The molecular formula is C54H36N2SSi. The Morgan fingerprint density at radius 2 is 0.724 bits per heavy atom. The van der Waals surface area contributed by atoms with Gasteiger partial charge in [-0.3, -0.25) is 0 Å². The molecule has 272 valence electrons. The minimum absolute atomic E-state index is 1.16. The molecule has 3 heterocycles. The summed E-state index contributed by atoms with van der Waals surface area (Å²) in [6.07, 6.45) is 0. The van der Waals surface area contributed by atoms with E-state index in [-0.39, 0.29) is 0 Å². The van der Waals surface area contributed by atoms with E-state index >= 15 is 0 Å². The number of nitrogens with zero attached hydrogens (tertiary/aromatic N) is 2. The van der Waals surface area contributed by atoms with Crippen LogP contribution in [0.1, 0.15) is 0 Å². The number of rotatable bonds is 6. The van der Waals surface area contributed by atoms with Crippen molar-refractivity contribution < 1.29 is 0 Å². The van der Waals surface area contributed by atoms with Crippen LogP contribution in [-0.4, -0.2) is 17.2 Å². The summed E-state index contributed by atoms with van der Waals surface area (Å²) in [5, 5.41) is 13.2. The maximum absolute atomic E-state index is 2.91. The molecular weight excluding hydrogens is 737 g/mol. The summed E-state index contributed by atoms with van der Waals surface area (Å²) in [5.74, 6) is 0. The molecule has 9 aromatic carbocycles. The van der Waals surface area contributed by atoms with Crippen molar-refractivity contribution in [1.29, 1.82) is 0 Å². The molecule has 0 saturated carbocycles. The van der Waals surface area contributed by atoms with Crippen LogP contribution in [0, 0.1) is 0 Å². The van der Waals surface area contributed by atoms with Gasteiger partial charge in [-0.25, -0.2) is 0 Å². The first-order valence-corrected chi connectivity index (χ1v) is 22.8. The van der Waals surface area contributed by atoms with E-state index in [0.29, 0.717) is 0 Å². The van der Waals surface area contributed by atoms with Gasteiger partial charge in [-0.05, 0) is 75.3 Å². The average molecular weight is 773 g/mol. The van der Waals surface area contributed by atoms with Crippen molar-refractivity contribution in [3.05, 3.63) is 218 Å². The van der Waals surface area contributed by atoms with Gasteiger partial charge >= 0.3 is 0 Å². The van der Waals surface area contributed by atoms with Gasteiger partial charge in [-0.15, -0.1) is 11.3 Å². The number of hydrogen-bond acceptors (Lipinski definition) is 1. The Kier molecular flexibility index (Phi) is 7.46. The number of fused-ring (bicyclic) bond motifs is 9. The van der Waals surface area contributed by atoms with Crippen LogP contribution in [0.4, 0.5) is 0 Å². The van der Waals surface area contributed by atoms with Gasteiger partial charge < -0.3 is 9.13 Å². The summed E-state index contributed by atoms with van der Waals surface area (Å²) in [4.78, 5) is 0. The molecule has 0 bridgehead atoms. The van der Waals surface area contributed by atoms with Gasteiger partial charge in [0.2, 0.25) is 0 Å². The largest absolute Gasteiger partial charge is 0.309 e. The van der Waals surface area contributed by atoms with Crippen LogP contribution in [0.2, 0.25) is 0 Å². The second-order valence-corrected chi connectivity index (χ2v) is 20.1. The Morgan fingerprint density at radius 1 is 0.310 bits per heavy atom. The summed E-state index contributed by atoms with van der Waals surface area (Å²) in [7, 11) is -2.91. The zero-order valence-electron chi connectivity index (χ0n) is 31.6. The second-order valence-electron chi connectivity index (χ2n) is 15.2. The second kappa shape index (κ2) is 13.0. The predicted octanol–water partition coefficient (Wildman–Crippen LogP) is 11.6. The number of thiophene rings is 1. The standard InChI is InChI=1S/C54H36N2SSi/c1-4-18-39(19-5-1)58(40-20-6-2-7-21-40,41-22-8-3-9-23-41)53-36-38(35-47-45-27-13-17-31-52(45)57-54(47)53)56-50-30-16-12-26-44(50)46-34-37(32-33-51(46)56)55-48-28-14-10-24-42(48)43-25-11-15-29-49(43)55/h1-36H. The zero-order valence-corrected chi connectivity index (χ0v) is 33.4. The van der Waals surface area contributed by atoms with Crippen LogP contribution in [0.5, 0.6) is 0 Å². The van der Waals surface area contributed by atoms with Crippen LogP contribution in [0.15, 0.2) is 218 Å². The highest BCUT2D eigenvalue weighted by Crippen LogP contribution is 2.40. The Balaban J connectivity index is 1.21. The van der Waals surface area contributed by atoms with Gasteiger partial charge in [-0.1, -0.05) is 164 Å². The Hall–Kier alpha value is -6.98. The minimum atomic E-state index is -2.91. The fraction of sp³-hybridized carbons (Fsp3) is 0. The summed E-state index contributed by atoms with van der Waals surface area (Å²) < 4.78 is 7.63. The maximum atomic E-state index is 2.56. The Morgan fingerprint density at radius 3 is 1.28 bits per heavy atom. The van der Waals surface area contributed by atoms with Crippen LogP contribution in [0.3, 0.4) is 0 Å². The van der Waals surface area contributed by atoms with E-state index in [4.69, 9.17) is 0 Å². The van der Waals surface area contributed by atoms with Crippen molar-refractivity contribution in [2.24, 2.45) is 0 Å². The van der Waals surface area contributed by atoms with Crippen molar-refractivity contribution in [2.75, 3.05) is 0 Å². The van der Waals surface area contributed by atoms with Crippen molar-refractivity contribution in [2.45, 2.75) is 0 Å². The number of hydrogen-bond donors (Lipinski definition) is 0. The molecule has 0 spiro atoms. The van der Waals surface area contributed by atoms with E-state index < -0.39 is 8.07 Å². The molecule has 0 saturated heterocycles. The van der Waals surface area contributed by atoms with Gasteiger partial charge in [-0.2, -0.15) is 0 Å². The topological polar surface area (TPSA) is 9.86 Å². The highest BCUT2D eigenvalue weighted by Gasteiger charge is 2.43. The molecule has 12 rings (SSSR count). The normalized spacial score (nSPS) is 12.1. The lowest BCUT2D eigenvalue weighted by molar-refractivity contribution is 1.17. The predicted molar refractivity (Wildman–Crippen MR) is 252 cm³/mol. The third kappa shape index (κ3) is 4.76. The smallest absolute Gasteiger partial charge is 0.181 e. The molecule has 3 aromatic heterocycles. The van der Waals surface area contributed by atoms with E-state index in [1.807, 2.05) is 11.3 Å². The zero-order chi connectivity index (χ0) is 38.2. The van der Waals surface area contributed by atoms with Crippen LogP contribution in [0.25, 0.3) is 75.2 Å². The summed E-state index contributed by atoms with van der Waals surface area (Å²) in [5.41, 5.74) is 7.18. The molecule has 0 fully saturated rings. The first kappa shape index (κ1) is 33.2. The average Bonchev–Trinajstić information content (AvgIpc) is 3.95. The molecule has 0 aliphatic rings. The molecule has 58 heavy (non-hydrogen) atoms. The number of benzene rings is 9. The van der Waals surface area contributed by atoms with Crippen LogP contribution < -0.4 is 20.7 Å². The van der Waals surface area contributed by atoms with E-state index in [1.165, 1.54) is 90.2 Å². The molecule has 2 nitrogen and oxygen atoms in total. The van der Waals surface area contributed by atoms with E-state index in [0.717, 1.165) is 5.69 Å². The molecule has 0 N–H and O–H groups in total. The molecule has 0 aliphatic heterocycles. The van der Waals surface area contributed by atoms with E-state index in [1.54, 1.807) is 0 Å². The molecule has 0 amide bonds. The molecule has 0 unspecified atom stereocenters. The minimum Gasteiger partial charge on any atom is -0.309 e. The van der Waals surface area contributed by atoms with Crippen molar-refractivity contribution in [3.63, 3.8) is 0 Å². The van der Waals surface area contributed by atoms with Gasteiger partial charge in [0.05, 0.1) is 22.1 Å². The third-order valence-electron chi connectivity index (χ3n) is 12.2. The van der Waals surface area contributed by atoms with E-state index in [2.05, 4.69) is 228 Å². The lowest BCUT2D eigenvalue weighted by Crippen LogP contribution is -2.74. The summed E-state index contributed by atoms with van der Waals surface area (Å²) in [6, 6.07) is 81.5. The molecule has 0 atom stereocenters. The van der Waals surface area contributed by atoms with Crippen LogP contribution in [-0.2, 0) is 0 Å². The number of para-hydroxylation sites is 3. The van der Waals surface area contributed by atoms with Crippen molar-refractivity contribution in [3.8, 4) is 11.4 Å². The molecule has 4 heteroatoms. The summed E-state index contributed by atoms with van der Waals surface area (Å²) >= 11 is 1.94. The quantitative estimate of drug-likeness (QED) is 0.118. The Bertz CT molecular complexity index is 3360. The van der Waals surface area contributed by atoms with Gasteiger partial charge in [0.15, 0.2) is 8.07 Å². The number of aromatic nitrogens is 2. The van der Waals surface area contributed by atoms with Crippen molar-refractivity contribution in [1.82, 2.24) is 9.13 Å². The first-order valence-electron chi connectivity index (χ1n) is 19.9. The highest BCUT2D eigenvalue weighted by atomic mass is 32.1. The van der Waals surface area contributed by atoms with Gasteiger partial charge in [0.25, 0.3) is 0 Å². The summed E-state index contributed by atoms with van der Waals surface area (Å²) in [6.45, 7) is 0. The van der Waals surface area contributed by atoms with Crippen molar-refractivity contribution >= 4 is 104 Å². The monoisotopic (exact) mass is 772 g/mol. The Labute approximate surface area is 341 Å². The fourth-order valence-corrected chi connectivity index (χ4v) is 16.4. The lowest BCUT2D eigenvalue weighted by atomic mass is 10.1. The fourth-order valence-electron chi connectivity index (χ4n) is 9.83. The molecule has 0 aliphatic carbocycles. The highest BCUT2D eigenvalue weighted by molar-refractivity contribution is 7.30.